The first-order valence-corrected chi connectivity index (χ1v) is 9.75. The van der Waals surface area contributed by atoms with Crippen LogP contribution in [0.2, 0.25) is 0 Å². The minimum absolute atomic E-state index is 0.0227. The van der Waals surface area contributed by atoms with Crippen molar-refractivity contribution < 1.29 is 9.53 Å². The molecule has 0 aliphatic rings. The first-order valence-electron chi connectivity index (χ1n) is 9.75. The molecule has 29 heavy (non-hydrogen) atoms. The minimum Gasteiger partial charge on any atom is -0.497 e. The number of nitrogens with one attached hydrogen (secondary N) is 2. The first kappa shape index (κ1) is 18.8. The van der Waals surface area contributed by atoms with Gasteiger partial charge < -0.3 is 15.0 Å². The number of ether oxygens (including phenoxy) is 1. The molecule has 0 aliphatic heterocycles. The van der Waals surface area contributed by atoms with Crippen LogP contribution < -0.4 is 10.1 Å². The maximum absolute atomic E-state index is 12.5. The molecule has 4 nitrogen and oxygen atoms in total. The Bertz CT molecular complexity index is 1080. The molecule has 4 heteroatoms. The lowest BCUT2D eigenvalue weighted by Gasteiger charge is -2.19. The topological polar surface area (TPSA) is 54.1 Å². The Kier molecular flexibility index (Phi) is 5.61. The Morgan fingerprint density at radius 3 is 2.45 bits per heavy atom. The zero-order valence-corrected chi connectivity index (χ0v) is 16.4. The smallest absolute Gasteiger partial charge is 0.224 e. The van der Waals surface area contributed by atoms with Gasteiger partial charge in [0.2, 0.25) is 5.91 Å². The van der Waals surface area contributed by atoms with Crippen LogP contribution in [0.25, 0.3) is 10.9 Å². The molecule has 1 heterocycles. The van der Waals surface area contributed by atoms with E-state index in [9.17, 15) is 4.79 Å². The quantitative estimate of drug-likeness (QED) is 0.487. The number of amides is 1. The number of benzene rings is 3. The fraction of sp³-hybridized carbons (Fsp3) is 0.160. The summed E-state index contributed by atoms with van der Waals surface area (Å²) < 4.78 is 5.30. The summed E-state index contributed by atoms with van der Waals surface area (Å²) >= 11 is 0. The number of carbonyl (C=O) groups is 1. The van der Waals surface area contributed by atoms with Crippen molar-refractivity contribution in [3.05, 3.63) is 102 Å². The molecule has 0 unspecified atom stereocenters. The lowest BCUT2D eigenvalue weighted by molar-refractivity contribution is -0.120. The zero-order chi connectivity index (χ0) is 20.1. The van der Waals surface area contributed by atoms with Gasteiger partial charge in [0.15, 0.2) is 0 Å². The molecule has 0 bridgehead atoms. The van der Waals surface area contributed by atoms with Gasteiger partial charge in [-0.15, -0.1) is 0 Å². The zero-order valence-electron chi connectivity index (χ0n) is 16.4. The fourth-order valence-corrected chi connectivity index (χ4v) is 3.69. The van der Waals surface area contributed by atoms with Gasteiger partial charge in [0.25, 0.3) is 0 Å². The molecule has 4 aromatic rings. The third-order valence-corrected chi connectivity index (χ3v) is 5.23. The van der Waals surface area contributed by atoms with E-state index in [1.54, 1.807) is 7.11 Å². The van der Waals surface area contributed by atoms with Gasteiger partial charge in [0.05, 0.1) is 13.5 Å². The molecule has 146 valence electrons. The number of carbonyl (C=O) groups excluding carboxylic acids is 1. The second-order valence-electron chi connectivity index (χ2n) is 7.08. The highest BCUT2D eigenvalue weighted by molar-refractivity contribution is 5.84. The Hall–Kier alpha value is -3.53. The molecule has 1 atom stereocenters. The van der Waals surface area contributed by atoms with Crippen LogP contribution >= 0.6 is 0 Å². The first-order chi connectivity index (χ1) is 14.2. The summed E-state index contributed by atoms with van der Waals surface area (Å²) in [5, 5.41) is 4.30. The van der Waals surface area contributed by atoms with Crippen LogP contribution in [0.5, 0.6) is 5.75 Å². The summed E-state index contributed by atoms with van der Waals surface area (Å²) in [6.07, 6.45) is 2.42. The number of hydrogen-bond donors (Lipinski definition) is 2. The average Bonchev–Trinajstić information content (AvgIpc) is 3.19. The Labute approximate surface area is 170 Å². The molecule has 4 rings (SSSR count). The van der Waals surface area contributed by atoms with Crippen molar-refractivity contribution in [2.75, 3.05) is 13.7 Å². The SMILES string of the molecule is COc1ccc([C@H](CNC(=O)Cc2ccccc2)c2c[nH]c3ccccc23)cc1. The summed E-state index contributed by atoms with van der Waals surface area (Å²) in [6.45, 7) is 0.528. The lowest BCUT2D eigenvalue weighted by atomic mass is 9.90. The molecule has 0 spiro atoms. The van der Waals surface area contributed by atoms with E-state index in [0.717, 1.165) is 22.4 Å². The van der Waals surface area contributed by atoms with E-state index in [1.807, 2.05) is 60.8 Å². The number of rotatable bonds is 7. The monoisotopic (exact) mass is 384 g/mol. The van der Waals surface area contributed by atoms with Crippen molar-refractivity contribution in [1.29, 1.82) is 0 Å². The lowest BCUT2D eigenvalue weighted by Crippen LogP contribution is -2.30. The molecule has 1 amide bonds. The standard InChI is InChI=1S/C25H24N2O2/c1-29-20-13-11-19(12-14-20)22(23-17-26-24-10-6-5-9-21(23)24)16-27-25(28)15-18-7-3-2-4-8-18/h2-14,17,22,26H,15-16H2,1H3,(H,27,28)/t22-/m0/s1. The Morgan fingerprint density at radius 2 is 1.69 bits per heavy atom. The summed E-state index contributed by atoms with van der Waals surface area (Å²) in [6, 6.07) is 26.1. The maximum atomic E-state index is 12.5. The highest BCUT2D eigenvalue weighted by Gasteiger charge is 2.19. The summed E-state index contributed by atoms with van der Waals surface area (Å²) in [4.78, 5) is 15.9. The van der Waals surface area contributed by atoms with E-state index in [-0.39, 0.29) is 11.8 Å². The number of para-hydroxylation sites is 1. The number of aromatic amines is 1. The fourth-order valence-electron chi connectivity index (χ4n) is 3.69. The molecule has 0 aliphatic carbocycles. The highest BCUT2D eigenvalue weighted by Crippen LogP contribution is 2.31. The molecule has 0 saturated carbocycles. The molecular formula is C25H24N2O2. The van der Waals surface area contributed by atoms with Gasteiger partial charge >= 0.3 is 0 Å². The molecule has 2 N–H and O–H groups in total. The molecule has 0 saturated heterocycles. The molecular weight excluding hydrogens is 360 g/mol. The van der Waals surface area contributed by atoms with E-state index in [2.05, 4.69) is 34.6 Å². The number of methoxy groups -OCH3 is 1. The van der Waals surface area contributed by atoms with E-state index >= 15 is 0 Å². The minimum atomic E-state index is 0.0227. The number of hydrogen-bond acceptors (Lipinski definition) is 2. The second kappa shape index (κ2) is 8.65. The van der Waals surface area contributed by atoms with Gasteiger partial charge in [-0.1, -0.05) is 60.7 Å². The summed E-state index contributed by atoms with van der Waals surface area (Å²) in [5.41, 5.74) is 4.41. The summed E-state index contributed by atoms with van der Waals surface area (Å²) in [5.74, 6) is 0.880. The van der Waals surface area contributed by atoms with E-state index in [1.165, 1.54) is 10.9 Å². The van der Waals surface area contributed by atoms with Crippen LogP contribution in [0.15, 0.2) is 85.1 Å². The maximum Gasteiger partial charge on any atom is 0.224 e. The third kappa shape index (κ3) is 4.32. The average molecular weight is 384 g/mol. The molecule has 0 fully saturated rings. The van der Waals surface area contributed by atoms with Gasteiger partial charge in [-0.25, -0.2) is 0 Å². The van der Waals surface area contributed by atoms with Crippen LogP contribution in [0.1, 0.15) is 22.6 Å². The van der Waals surface area contributed by atoms with Crippen molar-refractivity contribution in [3.63, 3.8) is 0 Å². The predicted molar refractivity (Wildman–Crippen MR) is 116 cm³/mol. The number of fused-ring (bicyclic) bond motifs is 1. The van der Waals surface area contributed by atoms with Crippen LogP contribution in [0.4, 0.5) is 0 Å². The Balaban J connectivity index is 1.58. The highest BCUT2D eigenvalue weighted by atomic mass is 16.5. The van der Waals surface area contributed by atoms with E-state index in [4.69, 9.17) is 4.74 Å². The van der Waals surface area contributed by atoms with Gasteiger partial charge in [0.1, 0.15) is 5.75 Å². The second-order valence-corrected chi connectivity index (χ2v) is 7.08. The molecule has 3 aromatic carbocycles. The van der Waals surface area contributed by atoms with Crippen molar-refractivity contribution in [2.45, 2.75) is 12.3 Å². The van der Waals surface area contributed by atoms with Gasteiger partial charge in [-0.3, -0.25) is 4.79 Å². The van der Waals surface area contributed by atoms with Crippen LogP contribution in [0.3, 0.4) is 0 Å². The van der Waals surface area contributed by atoms with Crippen LogP contribution in [0, 0.1) is 0 Å². The van der Waals surface area contributed by atoms with Gasteiger partial charge in [-0.2, -0.15) is 0 Å². The molecule has 0 radical (unpaired) electrons. The largest absolute Gasteiger partial charge is 0.497 e. The summed E-state index contributed by atoms with van der Waals surface area (Å²) in [7, 11) is 1.66. The Morgan fingerprint density at radius 1 is 0.966 bits per heavy atom. The van der Waals surface area contributed by atoms with E-state index in [0.29, 0.717) is 13.0 Å². The van der Waals surface area contributed by atoms with Gasteiger partial charge in [-0.05, 0) is 34.9 Å². The van der Waals surface area contributed by atoms with Crippen molar-refractivity contribution >= 4 is 16.8 Å². The van der Waals surface area contributed by atoms with Crippen molar-refractivity contribution in [3.8, 4) is 5.75 Å². The van der Waals surface area contributed by atoms with Crippen molar-refractivity contribution in [2.24, 2.45) is 0 Å². The van der Waals surface area contributed by atoms with E-state index < -0.39 is 0 Å². The number of aromatic nitrogens is 1. The predicted octanol–water partition coefficient (Wildman–Crippen LogP) is 4.67. The number of H-pyrrole nitrogens is 1. The van der Waals surface area contributed by atoms with Gasteiger partial charge in [0, 0.05) is 29.6 Å². The third-order valence-electron chi connectivity index (χ3n) is 5.23. The van der Waals surface area contributed by atoms with Crippen LogP contribution in [-0.4, -0.2) is 24.5 Å². The van der Waals surface area contributed by atoms with Crippen LogP contribution in [-0.2, 0) is 11.2 Å². The molecule has 1 aromatic heterocycles. The van der Waals surface area contributed by atoms with Crippen molar-refractivity contribution in [1.82, 2.24) is 10.3 Å². The normalized spacial score (nSPS) is 11.9.